The second-order valence-corrected chi connectivity index (χ2v) is 6.21. The van der Waals surface area contributed by atoms with Crippen LogP contribution in [0.1, 0.15) is 16.7 Å². The van der Waals surface area contributed by atoms with Crippen LogP contribution in [0.15, 0.2) is 84.0 Å². The van der Waals surface area contributed by atoms with Crippen LogP contribution in [0.2, 0.25) is 0 Å². The molecule has 0 radical (unpaired) electrons. The van der Waals surface area contributed by atoms with E-state index in [0.29, 0.717) is 0 Å². The lowest BCUT2D eigenvalue weighted by Crippen LogP contribution is -2.44. The number of amidine groups is 1. The number of aryl methyl sites for hydroxylation is 2. The monoisotopic (exact) mass is 364 g/mol. The molecule has 0 amide bonds. The topological polar surface area (TPSA) is 30.9 Å². The van der Waals surface area contributed by atoms with E-state index in [4.69, 9.17) is 5.10 Å². The molecule has 0 aliphatic carbocycles. The smallest absolute Gasteiger partial charge is 0.176 e. The molecule has 0 spiro atoms. The lowest BCUT2D eigenvalue weighted by atomic mass is 10.2. The molecule has 4 nitrogen and oxygen atoms in total. The van der Waals surface area contributed by atoms with Crippen molar-refractivity contribution in [3.63, 3.8) is 0 Å². The van der Waals surface area contributed by atoms with Gasteiger partial charge >= 0.3 is 0 Å². The van der Waals surface area contributed by atoms with Crippen LogP contribution in [0.25, 0.3) is 0 Å². The molecule has 0 saturated carbocycles. The summed E-state index contributed by atoms with van der Waals surface area (Å²) in [6.07, 6.45) is 0. The van der Waals surface area contributed by atoms with Gasteiger partial charge in [-0.25, -0.2) is 0 Å². The summed E-state index contributed by atoms with van der Waals surface area (Å²) >= 11 is 0. The highest BCUT2D eigenvalue weighted by Gasteiger charge is 2.26. The second kappa shape index (κ2) is 7.50. The first-order chi connectivity index (χ1) is 12.2. The third kappa shape index (κ3) is 3.51. The number of halogens is 1. The van der Waals surface area contributed by atoms with E-state index in [1.165, 1.54) is 11.1 Å². The molecule has 1 N–H and O–H groups in total. The maximum Gasteiger partial charge on any atom is 0.176 e. The molecule has 0 aromatic heterocycles. The minimum absolute atomic E-state index is 0. The molecule has 0 saturated heterocycles. The van der Waals surface area contributed by atoms with Crippen LogP contribution < -0.4 is 15.7 Å². The van der Waals surface area contributed by atoms with Crippen molar-refractivity contribution in [3.05, 3.63) is 95.6 Å². The van der Waals surface area contributed by atoms with Crippen molar-refractivity contribution in [2.24, 2.45) is 5.10 Å². The average molecular weight is 365 g/mol. The SMILES string of the molecule is Cc1cccc(N2N=C(c3ccccc3)NN2c2cccc(C)c2)c1.Cl. The zero-order valence-corrected chi connectivity index (χ0v) is 15.6. The number of rotatable bonds is 3. The Morgan fingerprint density at radius 2 is 1.35 bits per heavy atom. The second-order valence-electron chi connectivity index (χ2n) is 6.21. The van der Waals surface area contributed by atoms with E-state index >= 15 is 0 Å². The Bertz CT molecular complexity index is 924. The van der Waals surface area contributed by atoms with E-state index < -0.39 is 0 Å². The first kappa shape index (κ1) is 17.8. The number of hydrazine groups is 2. The summed E-state index contributed by atoms with van der Waals surface area (Å²) in [5, 5.41) is 8.71. The van der Waals surface area contributed by atoms with Crippen LogP contribution in [0.5, 0.6) is 0 Å². The molecule has 1 heterocycles. The number of nitrogens with zero attached hydrogens (tertiary/aromatic N) is 3. The molecule has 1 aliphatic rings. The van der Waals surface area contributed by atoms with Crippen molar-refractivity contribution in [3.8, 4) is 0 Å². The summed E-state index contributed by atoms with van der Waals surface area (Å²) in [7, 11) is 0. The maximum absolute atomic E-state index is 4.82. The molecular weight excluding hydrogens is 344 g/mol. The predicted octanol–water partition coefficient (Wildman–Crippen LogP) is 4.83. The molecule has 0 atom stereocenters. The standard InChI is InChI=1S/C21H20N4.ClH/c1-16-8-6-12-19(14-16)24-22-21(18-10-4-3-5-11-18)23-25(24)20-13-7-9-17(2)15-20;/h3-15H,1-2H3,(H,22,23);1H. The van der Waals surface area contributed by atoms with Gasteiger partial charge in [-0.15, -0.1) is 17.5 Å². The van der Waals surface area contributed by atoms with Crippen molar-refractivity contribution in [2.75, 3.05) is 10.2 Å². The number of benzene rings is 3. The van der Waals surface area contributed by atoms with Crippen LogP contribution in [-0.4, -0.2) is 5.84 Å². The van der Waals surface area contributed by atoms with Crippen LogP contribution in [0, 0.1) is 13.8 Å². The fourth-order valence-corrected chi connectivity index (χ4v) is 2.89. The van der Waals surface area contributed by atoms with Gasteiger partial charge in [-0.3, -0.25) is 5.43 Å². The summed E-state index contributed by atoms with van der Waals surface area (Å²) in [5.41, 5.74) is 8.94. The lowest BCUT2D eigenvalue weighted by molar-refractivity contribution is 0.770. The third-order valence-electron chi connectivity index (χ3n) is 4.12. The van der Waals surface area contributed by atoms with E-state index in [-0.39, 0.29) is 12.4 Å². The highest BCUT2D eigenvalue weighted by Crippen LogP contribution is 2.26. The van der Waals surface area contributed by atoms with Gasteiger partial charge in [0.1, 0.15) is 0 Å². The zero-order chi connectivity index (χ0) is 17.2. The van der Waals surface area contributed by atoms with Crippen molar-refractivity contribution in [1.29, 1.82) is 0 Å². The summed E-state index contributed by atoms with van der Waals surface area (Å²) in [6, 6.07) is 26.9. The Morgan fingerprint density at radius 1 is 0.731 bits per heavy atom. The number of hydrogen-bond acceptors (Lipinski definition) is 4. The number of hydrazone groups is 1. The van der Waals surface area contributed by atoms with Crippen LogP contribution in [0.3, 0.4) is 0 Å². The zero-order valence-electron chi connectivity index (χ0n) is 14.8. The predicted molar refractivity (Wildman–Crippen MR) is 111 cm³/mol. The van der Waals surface area contributed by atoms with Gasteiger partial charge in [-0.2, -0.15) is 10.2 Å². The summed E-state index contributed by atoms with van der Waals surface area (Å²) in [5.74, 6) is 0.823. The maximum atomic E-state index is 4.82. The Hall–Kier alpha value is -2.98. The van der Waals surface area contributed by atoms with Crippen molar-refractivity contribution in [2.45, 2.75) is 13.8 Å². The number of anilines is 2. The molecule has 0 unspecified atom stereocenters. The highest BCUT2D eigenvalue weighted by molar-refractivity contribution is 6.02. The van der Waals surface area contributed by atoms with E-state index in [1.54, 1.807) is 0 Å². The number of hydrogen-bond donors (Lipinski definition) is 1. The minimum atomic E-state index is 0. The molecule has 0 bridgehead atoms. The Kier molecular flexibility index (Phi) is 5.14. The van der Waals surface area contributed by atoms with E-state index in [0.717, 1.165) is 22.8 Å². The molecule has 0 fully saturated rings. The molecule has 4 rings (SSSR count). The van der Waals surface area contributed by atoms with Gasteiger partial charge in [0, 0.05) is 5.56 Å². The van der Waals surface area contributed by atoms with Crippen LogP contribution in [-0.2, 0) is 0 Å². The first-order valence-electron chi connectivity index (χ1n) is 8.35. The van der Waals surface area contributed by atoms with E-state index in [1.807, 2.05) is 28.4 Å². The molecule has 132 valence electrons. The molecular formula is C21H21ClN4. The van der Waals surface area contributed by atoms with Gasteiger partial charge in [0.05, 0.1) is 11.4 Å². The van der Waals surface area contributed by atoms with Crippen molar-refractivity contribution < 1.29 is 0 Å². The first-order valence-corrected chi connectivity index (χ1v) is 8.35. The largest absolute Gasteiger partial charge is 0.259 e. The van der Waals surface area contributed by atoms with Crippen molar-refractivity contribution in [1.82, 2.24) is 5.43 Å². The lowest BCUT2D eigenvalue weighted by Gasteiger charge is -2.28. The average Bonchev–Trinajstić information content (AvgIpc) is 3.08. The van der Waals surface area contributed by atoms with Gasteiger partial charge < -0.3 is 0 Å². The van der Waals surface area contributed by atoms with Gasteiger partial charge in [0.15, 0.2) is 5.84 Å². The quantitative estimate of drug-likeness (QED) is 0.721. The molecule has 1 aliphatic heterocycles. The molecule has 5 heteroatoms. The van der Waals surface area contributed by atoms with E-state index in [9.17, 15) is 0 Å². The summed E-state index contributed by atoms with van der Waals surface area (Å²) in [4.78, 5) is 0. The van der Waals surface area contributed by atoms with Crippen LogP contribution in [0.4, 0.5) is 11.4 Å². The third-order valence-corrected chi connectivity index (χ3v) is 4.12. The number of nitrogens with one attached hydrogen (secondary N) is 1. The van der Waals surface area contributed by atoms with Gasteiger partial charge in [0.25, 0.3) is 0 Å². The summed E-state index contributed by atoms with van der Waals surface area (Å²) < 4.78 is 0. The fourth-order valence-electron chi connectivity index (χ4n) is 2.89. The van der Waals surface area contributed by atoms with E-state index in [2.05, 4.69) is 79.9 Å². The van der Waals surface area contributed by atoms with Crippen molar-refractivity contribution >= 4 is 29.6 Å². The molecule has 3 aromatic carbocycles. The van der Waals surface area contributed by atoms with Gasteiger partial charge in [-0.05, 0) is 49.2 Å². The fraction of sp³-hybridized carbons (Fsp3) is 0.0952. The normalized spacial score (nSPS) is 13.1. The molecule has 3 aromatic rings. The van der Waals surface area contributed by atoms with Gasteiger partial charge in [-0.1, -0.05) is 54.6 Å². The van der Waals surface area contributed by atoms with Gasteiger partial charge in [0.2, 0.25) is 0 Å². The highest BCUT2D eigenvalue weighted by atomic mass is 35.5. The Morgan fingerprint density at radius 3 is 2.00 bits per heavy atom. The Labute approximate surface area is 160 Å². The minimum Gasteiger partial charge on any atom is -0.259 e. The molecule has 26 heavy (non-hydrogen) atoms. The summed E-state index contributed by atoms with van der Waals surface area (Å²) in [6.45, 7) is 4.18. The Balaban J connectivity index is 0.00000196. The van der Waals surface area contributed by atoms with Crippen LogP contribution >= 0.6 is 12.4 Å².